The molecule has 1 fully saturated rings. The van der Waals surface area contributed by atoms with Gasteiger partial charge in [-0.25, -0.2) is 10.0 Å². The third-order valence-corrected chi connectivity index (χ3v) is 6.70. The normalized spacial score (nSPS) is 19.6. The van der Waals surface area contributed by atoms with Gasteiger partial charge in [0.2, 0.25) is 5.94 Å². The van der Waals surface area contributed by atoms with Gasteiger partial charge >= 0.3 is 0 Å². The summed E-state index contributed by atoms with van der Waals surface area (Å²) < 4.78 is 36.4. The van der Waals surface area contributed by atoms with E-state index in [1.807, 2.05) is 0 Å². The zero-order valence-electron chi connectivity index (χ0n) is 20.4. The minimum Gasteiger partial charge on any atom is -0.490 e. The summed E-state index contributed by atoms with van der Waals surface area (Å²) in [5.41, 5.74) is 10.1. The number of hydrogen-bond donors (Lipinski definition) is 5. The van der Waals surface area contributed by atoms with Gasteiger partial charge in [0, 0.05) is 10.9 Å². The monoisotopic (exact) mass is 569 g/mol. The molecule has 206 valence electrons. The Kier molecular flexibility index (Phi) is 8.87. The molecule has 15 nitrogen and oxygen atoms in total. The predicted octanol–water partition coefficient (Wildman–Crippen LogP) is 0.0817. The Hall–Kier alpha value is -3.80. The number of thiazole rings is 1. The minimum absolute atomic E-state index is 0.0453. The van der Waals surface area contributed by atoms with Gasteiger partial charge in [-0.05, 0) is 37.6 Å². The summed E-state index contributed by atoms with van der Waals surface area (Å²) in [6, 6.07) is 5.78. The van der Waals surface area contributed by atoms with Crippen LogP contribution in [0.2, 0.25) is 0 Å². The molecule has 1 aromatic heterocycles. The van der Waals surface area contributed by atoms with Crippen molar-refractivity contribution in [1.82, 2.24) is 15.4 Å². The van der Waals surface area contributed by atoms with Gasteiger partial charge in [0.25, 0.3) is 21.9 Å². The summed E-state index contributed by atoms with van der Waals surface area (Å²) in [6.07, 6.45) is 0.147. The summed E-state index contributed by atoms with van der Waals surface area (Å²) in [4.78, 5) is 40.2. The van der Waals surface area contributed by atoms with E-state index in [1.165, 1.54) is 5.38 Å². The van der Waals surface area contributed by atoms with E-state index >= 15 is 0 Å². The molecular weight excluding hydrogens is 542 g/mol. The first-order valence-corrected chi connectivity index (χ1v) is 13.6. The topological polar surface area (TPSA) is 233 Å². The zero-order valence-corrected chi connectivity index (χ0v) is 22.0. The number of carbonyl (C=O) groups excluding carboxylic acids is 2. The van der Waals surface area contributed by atoms with Crippen LogP contribution in [0.1, 0.15) is 31.5 Å². The molecule has 2 unspecified atom stereocenters. The summed E-state index contributed by atoms with van der Waals surface area (Å²) in [7, 11) is -4.48. The fraction of sp³-hybridized carbons (Fsp3) is 0.381. The first-order chi connectivity index (χ1) is 17.9. The number of rotatable bonds is 13. The summed E-state index contributed by atoms with van der Waals surface area (Å²) in [5.74, 6) is -2.16. The molecular formula is C21H27N7O8S2. The highest BCUT2D eigenvalue weighted by Crippen LogP contribution is 2.34. The second kappa shape index (κ2) is 11.7. The maximum atomic E-state index is 13.2. The lowest BCUT2D eigenvalue weighted by Gasteiger charge is -2.52. The fourth-order valence-electron chi connectivity index (χ4n) is 3.57. The molecule has 0 aliphatic carbocycles. The molecule has 1 aliphatic rings. The number of anilines is 1. The van der Waals surface area contributed by atoms with Crippen molar-refractivity contribution in [2.75, 3.05) is 24.9 Å². The smallest absolute Gasteiger partial charge is 0.292 e. The van der Waals surface area contributed by atoms with Crippen LogP contribution >= 0.6 is 11.3 Å². The third-order valence-electron chi connectivity index (χ3n) is 5.63. The average molecular weight is 570 g/mol. The van der Waals surface area contributed by atoms with Crippen LogP contribution in [0.15, 0.2) is 34.8 Å². The molecule has 0 bridgehead atoms. The molecule has 0 radical (unpaired) electrons. The number of ether oxygens (including phenoxy) is 1. The average Bonchev–Trinajstić information content (AvgIpc) is 3.29. The number of β-lactam (4-membered cyclic amide) rings is 1. The minimum atomic E-state index is -4.48. The van der Waals surface area contributed by atoms with Gasteiger partial charge in [-0.15, -0.1) is 11.3 Å². The summed E-state index contributed by atoms with van der Waals surface area (Å²) in [6.45, 7) is 3.23. The van der Waals surface area contributed by atoms with Gasteiger partial charge in [-0.2, -0.15) is 8.42 Å². The third kappa shape index (κ3) is 6.55. The number of amides is 2. The fourth-order valence-corrected chi connectivity index (χ4v) is 4.37. The number of nitrogens with zero attached hydrogens (tertiary/aromatic N) is 3. The number of nitrogens with two attached hydrogens (primary N) is 2. The Morgan fingerprint density at radius 3 is 2.55 bits per heavy atom. The number of hydroxylamine groups is 2. The van der Waals surface area contributed by atoms with Crippen LogP contribution in [0.4, 0.5) is 5.13 Å². The highest BCUT2D eigenvalue weighted by atomic mass is 32.2. The number of hydrogen-bond acceptors (Lipinski definition) is 12. The molecule has 0 saturated carbocycles. The first kappa shape index (κ1) is 28.8. The SMILES string of the molecule is CCC1(NC(=O)C(=NOCCOc2ccc(C(=N)N)cc2)c2csc(N)n2)C(=O)N(OCS(=O)(=O)O)C1C. The Balaban J connectivity index is 1.66. The van der Waals surface area contributed by atoms with E-state index in [0.29, 0.717) is 11.3 Å². The number of oxime groups is 1. The van der Waals surface area contributed by atoms with Gasteiger partial charge < -0.3 is 26.4 Å². The Morgan fingerprint density at radius 2 is 2.03 bits per heavy atom. The zero-order chi connectivity index (χ0) is 28.1. The van der Waals surface area contributed by atoms with Crippen LogP contribution < -0.4 is 21.5 Å². The lowest BCUT2D eigenvalue weighted by atomic mass is 9.79. The van der Waals surface area contributed by atoms with Crippen molar-refractivity contribution in [1.29, 1.82) is 5.41 Å². The van der Waals surface area contributed by atoms with Crippen molar-refractivity contribution in [3.05, 3.63) is 40.9 Å². The quantitative estimate of drug-likeness (QED) is 0.0541. The van der Waals surface area contributed by atoms with Crippen molar-refractivity contribution in [3.8, 4) is 5.75 Å². The van der Waals surface area contributed by atoms with Gasteiger partial charge in [0.1, 0.15) is 29.4 Å². The van der Waals surface area contributed by atoms with Crippen molar-refractivity contribution >= 4 is 49.9 Å². The Morgan fingerprint density at radius 1 is 1.34 bits per heavy atom. The Labute approximate surface area is 221 Å². The van der Waals surface area contributed by atoms with Gasteiger partial charge in [-0.1, -0.05) is 12.1 Å². The molecule has 17 heteroatoms. The molecule has 38 heavy (non-hydrogen) atoms. The van der Waals surface area contributed by atoms with Crippen LogP contribution in [0.5, 0.6) is 5.75 Å². The van der Waals surface area contributed by atoms with Crippen molar-refractivity contribution < 1.29 is 37.0 Å². The molecule has 2 heterocycles. The molecule has 7 N–H and O–H groups in total. The van der Waals surface area contributed by atoms with E-state index in [0.717, 1.165) is 16.4 Å². The highest BCUT2D eigenvalue weighted by molar-refractivity contribution is 7.85. The molecule has 0 spiro atoms. The van der Waals surface area contributed by atoms with Crippen LogP contribution in [-0.2, 0) is 29.4 Å². The second-order valence-electron chi connectivity index (χ2n) is 8.05. The first-order valence-electron chi connectivity index (χ1n) is 11.1. The van der Waals surface area contributed by atoms with Crippen LogP contribution in [0.3, 0.4) is 0 Å². The van der Waals surface area contributed by atoms with Gasteiger partial charge in [-0.3, -0.25) is 24.4 Å². The maximum absolute atomic E-state index is 13.2. The lowest BCUT2D eigenvalue weighted by Crippen LogP contribution is -2.79. The molecule has 2 atom stereocenters. The molecule has 2 aromatic rings. The van der Waals surface area contributed by atoms with Crippen LogP contribution in [0.25, 0.3) is 0 Å². The van der Waals surface area contributed by atoms with Gasteiger partial charge in [0.15, 0.2) is 17.5 Å². The number of benzene rings is 1. The number of carbonyl (C=O) groups is 2. The number of aromatic nitrogens is 1. The molecule has 2 amide bonds. The number of nitrogen functional groups attached to an aromatic ring is 2. The van der Waals surface area contributed by atoms with Crippen molar-refractivity contribution in [2.45, 2.75) is 31.8 Å². The van der Waals surface area contributed by atoms with E-state index < -0.39 is 39.5 Å². The van der Waals surface area contributed by atoms with E-state index in [1.54, 1.807) is 38.1 Å². The van der Waals surface area contributed by atoms with E-state index in [9.17, 15) is 18.0 Å². The number of amidine groups is 1. The number of nitrogens with one attached hydrogen (secondary N) is 2. The van der Waals surface area contributed by atoms with Gasteiger partial charge in [0.05, 0.1) is 6.04 Å². The van der Waals surface area contributed by atoms with E-state index in [4.69, 9.17) is 35.8 Å². The van der Waals surface area contributed by atoms with E-state index in [-0.39, 0.29) is 42.0 Å². The molecule has 1 saturated heterocycles. The summed E-state index contributed by atoms with van der Waals surface area (Å²) >= 11 is 1.07. The molecule has 3 rings (SSSR count). The standard InChI is InChI=1S/C21H27N7O8S2/c1-3-21(12(2)28(19(21)30)36-11-38(31,32)33)26-18(29)16(15-10-37-20(24)25-15)27-35-9-8-34-14-6-4-13(5-7-14)17(22)23/h4-7,10,12H,3,8-9,11H2,1-2H3,(H3,22,23)(H2,24,25)(H,26,29)(H,31,32,33). The Bertz CT molecular complexity index is 1330. The van der Waals surface area contributed by atoms with Crippen molar-refractivity contribution in [3.63, 3.8) is 0 Å². The lowest BCUT2D eigenvalue weighted by molar-refractivity contribution is -0.241. The molecule has 1 aromatic carbocycles. The van der Waals surface area contributed by atoms with Crippen LogP contribution in [-0.4, -0.2) is 77.1 Å². The highest BCUT2D eigenvalue weighted by Gasteiger charge is 2.60. The summed E-state index contributed by atoms with van der Waals surface area (Å²) in [5, 5.41) is 16.4. The maximum Gasteiger partial charge on any atom is 0.292 e. The predicted molar refractivity (Wildman–Crippen MR) is 137 cm³/mol. The van der Waals surface area contributed by atoms with E-state index in [2.05, 4.69) is 15.5 Å². The second-order valence-corrected chi connectivity index (χ2v) is 10.3. The largest absolute Gasteiger partial charge is 0.490 e. The molecule has 1 aliphatic heterocycles. The van der Waals surface area contributed by atoms with Crippen LogP contribution in [0, 0.1) is 5.41 Å². The van der Waals surface area contributed by atoms with Crippen molar-refractivity contribution in [2.24, 2.45) is 10.9 Å².